The minimum absolute atomic E-state index is 0.00867. The van der Waals surface area contributed by atoms with Gasteiger partial charge in [-0.25, -0.2) is 0 Å². The van der Waals surface area contributed by atoms with Gasteiger partial charge >= 0.3 is 0 Å². The van der Waals surface area contributed by atoms with Gasteiger partial charge in [0.15, 0.2) is 0 Å². The highest BCUT2D eigenvalue weighted by molar-refractivity contribution is 9.10. The van der Waals surface area contributed by atoms with Gasteiger partial charge in [0.1, 0.15) is 5.75 Å². The molecule has 0 aromatic heterocycles. The number of nitrogens with one attached hydrogen (secondary N) is 2. The zero-order valence-electron chi connectivity index (χ0n) is 11.9. The third-order valence-corrected chi connectivity index (χ3v) is 4.04. The molecule has 1 aromatic rings. The zero-order valence-corrected chi connectivity index (χ0v) is 13.5. The maximum absolute atomic E-state index is 11.8. The van der Waals surface area contributed by atoms with Crippen LogP contribution >= 0.6 is 15.9 Å². The van der Waals surface area contributed by atoms with Gasteiger partial charge in [-0.3, -0.25) is 4.79 Å². The Bertz CT molecular complexity index is 475. The van der Waals surface area contributed by atoms with Crippen LogP contribution in [0.1, 0.15) is 37.8 Å². The quantitative estimate of drug-likeness (QED) is 0.802. The third-order valence-electron chi connectivity index (χ3n) is 3.42. The Hall–Kier alpha value is -1.07. The van der Waals surface area contributed by atoms with Gasteiger partial charge in [0, 0.05) is 19.0 Å². The molecule has 2 rings (SSSR count). The molecule has 1 amide bonds. The van der Waals surface area contributed by atoms with Gasteiger partial charge in [-0.1, -0.05) is 6.07 Å². The van der Waals surface area contributed by atoms with Crippen LogP contribution in [0.15, 0.2) is 22.7 Å². The van der Waals surface area contributed by atoms with Crippen LogP contribution in [0.5, 0.6) is 5.75 Å². The fraction of sp³-hybridized carbons (Fsp3) is 0.533. The normalized spacial score (nSPS) is 15.8. The van der Waals surface area contributed by atoms with Crippen molar-refractivity contribution >= 4 is 21.8 Å². The topological polar surface area (TPSA) is 50.4 Å². The van der Waals surface area contributed by atoms with E-state index in [4.69, 9.17) is 4.74 Å². The molecule has 0 heterocycles. The Kier molecular flexibility index (Phi) is 5.43. The summed E-state index contributed by atoms with van der Waals surface area (Å²) in [5.41, 5.74) is 1.06. The molecule has 1 aromatic carbocycles. The van der Waals surface area contributed by atoms with Crippen molar-refractivity contribution in [2.45, 2.75) is 38.3 Å². The van der Waals surface area contributed by atoms with E-state index < -0.39 is 0 Å². The monoisotopic (exact) mass is 340 g/mol. The molecule has 0 bridgehead atoms. The molecule has 1 atom stereocenters. The summed E-state index contributed by atoms with van der Waals surface area (Å²) in [7, 11) is 1.64. The van der Waals surface area contributed by atoms with E-state index in [1.54, 1.807) is 7.11 Å². The predicted molar refractivity (Wildman–Crippen MR) is 82.9 cm³/mol. The number of benzene rings is 1. The summed E-state index contributed by atoms with van der Waals surface area (Å²) in [5.74, 6) is 0.874. The maximum Gasteiger partial charge on any atom is 0.221 e. The first-order valence-electron chi connectivity index (χ1n) is 6.96. The van der Waals surface area contributed by atoms with E-state index in [9.17, 15) is 4.79 Å². The van der Waals surface area contributed by atoms with Crippen LogP contribution in [0, 0.1) is 0 Å². The Balaban J connectivity index is 1.81. The van der Waals surface area contributed by atoms with Gasteiger partial charge < -0.3 is 15.4 Å². The molecule has 1 saturated carbocycles. The number of amides is 1. The Morgan fingerprint density at radius 2 is 2.25 bits per heavy atom. The summed E-state index contributed by atoms with van der Waals surface area (Å²) >= 11 is 3.46. The van der Waals surface area contributed by atoms with Crippen molar-refractivity contribution in [2.24, 2.45) is 0 Å². The number of carbonyl (C=O) groups excluding carboxylic acids is 1. The van der Waals surface area contributed by atoms with E-state index in [2.05, 4.69) is 26.6 Å². The molecule has 0 radical (unpaired) electrons. The standard InChI is InChI=1S/C15H21BrN2O2/c1-10(11-3-6-14(20-2)13(16)9-11)18-15(19)7-8-17-12-4-5-12/h3,6,9-10,12,17H,4-5,7-8H2,1-2H3,(H,18,19). The van der Waals surface area contributed by atoms with Crippen LogP contribution in [0.25, 0.3) is 0 Å². The van der Waals surface area contributed by atoms with Gasteiger partial charge in [-0.05, 0) is 53.4 Å². The fourth-order valence-electron chi connectivity index (χ4n) is 2.03. The molecule has 4 nitrogen and oxygen atoms in total. The fourth-order valence-corrected chi connectivity index (χ4v) is 2.58. The Morgan fingerprint density at radius 1 is 1.50 bits per heavy atom. The van der Waals surface area contributed by atoms with Crippen LogP contribution in [0.3, 0.4) is 0 Å². The number of halogens is 1. The Morgan fingerprint density at radius 3 is 2.85 bits per heavy atom. The summed E-state index contributed by atoms with van der Waals surface area (Å²) < 4.78 is 6.10. The first-order chi connectivity index (χ1) is 9.60. The van der Waals surface area contributed by atoms with Gasteiger partial charge in [0.25, 0.3) is 0 Å². The van der Waals surface area contributed by atoms with E-state index in [0.717, 1.165) is 22.3 Å². The molecular formula is C15H21BrN2O2. The maximum atomic E-state index is 11.8. The zero-order chi connectivity index (χ0) is 14.5. The highest BCUT2D eigenvalue weighted by Gasteiger charge is 2.20. The van der Waals surface area contributed by atoms with Crippen LogP contribution < -0.4 is 15.4 Å². The van der Waals surface area contributed by atoms with Crippen molar-refractivity contribution < 1.29 is 9.53 Å². The van der Waals surface area contributed by atoms with Crippen molar-refractivity contribution in [2.75, 3.05) is 13.7 Å². The second-order valence-electron chi connectivity index (χ2n) is 5.16. The first-order valence-corrected chi connectivity index (χ1v) is 7.75. The van der Waals surface area contributed by atoms with Crippen LogP contribution in [0.4, 0.5) is 0 Å². The number of ether oxygens (including phenoxy) is 1. The minimum Gasteiger partial charge on any atom is -0.496 e. The number of hydrogen-bond donors (Lipinski definition) is 2. The molecule has 20 heavy (non-hydrogen) atoms. The number of rotatable bonds is 7. The first kappa shape index (κ1) is 15.3. The summed E-state index contributed by atoms with van der Waals surface area (Å²) in [6.07, 6.45) is 3.02. The average molecular weight is 341 g/mol. The third kappa shape index (κ3) is 4.49. The molecule has 1 aliphatic rings. The highest BCUT2D eigenvalue weighted by Crippen LogP contribution is 2.28. The number of methoxy groups -OCH3 is 1. The van der Waals surface area contributed by atoms with Gasteiger partial charge in [0.2, 0.25) is 5.91 Å². The van der Waals surface area contributed by atoms with E-state index >= 15 is 0 Å². The molecule has 2 N–H and O–H groups in total. The van der Waals surface area contributed by atoms with Gasteiger partial charge in [-0.15, -0.1) is 0 Å². The predicted octanol–water partition coefficient (Wildman–Crippen LogP) is 2.78. The van der Waals surface area contributed by atoms with Crippen molar-refractivity contribution in [1.82, 2.24) is 10.6 Å². The van der Waals surface area contributed by atoms with Crippen LogP contribution in [0.2, 0.25) is 0 Å². The minimum atomic E-state index is -0.00867. The van der Waals surface area contributed by atoms with Crippen molar-refractivity contribution in [3.05, 3.63) is 28.2 Å². The van der Waals surface area contributed by atoms with Crippen LogP contribution in [-0.2, 0) is 4.79 Å². The van der Waals surface area contributed by atoms with Crippen molar-refractivity contribution in [3.8, 4) is 5.75 Å². The average Bonchev–Trinajstić information content (AvgIpc) is 3.22. The lowest BCUT2D eigenvalue weighted by molar-refractivity contribution is -0.121. The largest absolute Gasteiger partial charge is 0.496 e. The lowest BCUT2D eigenvalue weighted by atomic mass is 10.1. The SMILES string of the molecule is COc1ccc(C(C)NC(=O)CCNC2CC2)cc1Br. The molecule has 1 unspecified atom stereocenters. The molecular weight excluding hydrogens is 320 g/mol. The molecule has 1 fully saturated rings. The molecule has 0 spiro atoms. The molecule has 0 saturated heterocycles. The lowest BCUT2D eigenvalue weighted by Crippen LogP contribution is -2.30. The van der Waals surface area contributed by atoms with Gasteiger partial charge in [0.05, 0.1) is 17.6 Å². The number of carbonyl (C=O) groups is 1. The summed E-state index contributed by atoms with van der Waals surface area (Å²) in [6, 6.07) is 6.49. The summed E-state index contributed by atoms with van der Waals surface area (Å²) in [4.78, 5) is 11.8. The highest BCUT2D eigenvalue weighted by atomic mass is 79.9. The van der Waals surface area contributed by atoms with E-state index in [1.165, 1.54) is 12.8 Å². The molecule has 1 aliphatic carbocycles. The second-order valence-corrected chi connectivity index (χ2v) is 6.02. The summed E-state index contributed by atoms with van der Waals surface area (Å²) in [5, 5.41) is 6.35. The Labute approximate surface area is 128 Å². The van der Waals surface area contributed by atoms with E-state index in [-0.39, 0.29) is 11.9 Å². The smallest absolute Gasteiger partial charge is 0.221 e. The lowest BCUT2D eigenvalue weighted by Gasteiger charge is -2.15. The molecule has 5 heteroatoms. The molecule has 110 valence electrons. The number of hydrogen-bond acceptors (Lipinski definition) is 3. The van der Waals surface area contributed by atoms with Crippen molar-refractivity contribution in [1.29, 1.82) is 0 Å². The van der Waals surface area contributed by atoms with Crippen molar-refractivity contribution in [3.63, 3.8) is 0 Å². The summed E-state index contributed by atoms with van der Waals surface area (Å²) in [6.45, 7) is 2.75. The second kappa shape index (κ2) is 7.09. The molecule has 0 aliphatic heterocycles. The van der Waals surface area contributed by atoms with E-state index in [1.807, 2.05) is 25.1 Å². The van der Waals surface area contributed by atoms with Gasteiger partial charge in [-0.2, -0.15) is 0 Å². The van der Waals surface area contributed by atoms with E-state index in [0.29, 0.717) is 12.5 Å². The van der Waals surface area contributed by atoms with Crippen LogP contribution in [-0.4, -0.2) is 25.6 Å².